The lowest BCUT2D eigenvalue weighted by Gasteiger charge is -2.31. The van der Waals surface area contributed by atoms with Gasteiger partial charge in [0.1, 0.15) is 5.82 Å². The average Bonchev–Trinajstić information content (AvgIpc) is 2.78. The maximum atomic E-state index is 13.9. The molecule has 0 aromatic heterocycles. The summed E-state index contributed by atoms with van der Waals surface area (Å²) < 4.78 is 41.7. The number of nitrogens with one attached hydrogen (secondary N) is 1. The number of carbonyl (C=O) groups excluding carboxylic acids is 1. The summed E-state index contributed by atoms with van der Waals surface area (Å²) in [5.74, 6) is -2.99. The van der Waals surface area contributed by atoms with Gasteiger partial charge >= 0.3 is 5.97 Å². The molecule has 0 atom stereocenters. The molecule has 3 aromatic rings. The van der Waals surface area contributed by atoms with Crippen LogP contribution in [0, 0.1) is 5.82 Å². The van der Waals surface area contributed by atoms with Gasteiger partial charge in [0.05, 0.1) is 16.1 Å². The number of sulfonamides is 1. The van der Waals surface area contributed by atoms with Crippen molar-refractivity contribution in [3.8, 4) is 0 Å². The summed E-state index contributed by atoms with van der Waals surface area (Å²) in [6.45, 7) is 0.245. The Morgan fingerprint density at radius 3 is 2.55 bits per heavy atom. The van der Waals surface area contributed by atoms with E-state index in [2.05, 4.69) is 5.32 Å². The first-order valence-corrected chi connectivity index (χ1v) is 11.7. The van der Waals surface area contributed by atoms with Crippen LogP contribution in [-0.2, 0) is 16.4 Å². The molecule has 0 spiro atoms. The van der Waals surface area contributed by atoms with Crippen LogP contribution in [-0.4, -0.2) is 31.9 Å². The van der Waals surface area contributed by atoms with Gasteiger partial charge in [0.2, 0.25) is 0 Å². The van der Waals surface area contributed by atoms with E-state index in [1.807, 2.05) is 0 Å². The summed E-state index contributed by atoms with van der Waals surface area (Å²) in [6.07, 6.45) is 1.27. The molecule has 0 saturated carbocycles. The van der Waals surface area contributed by atoms with Crippen LogP contribution in [0.2, 0.25) is 5.02 Å². The number of aromatic carboxylic acids is 1. The van der Waals surface area contributed by atoms with Crippen molar-refractivity contribution in [1.29, 1.82) is 0 Å². The third-order valence-corrected chi connectivity index (χ3v) is 7.31. The minimum atomic E-state index is -3.91. The number of hydrogen-bond donors (Lipinski definition) is 2. The molecule has 1 amide bonds. The maximum Gasteiger partial charge on any atom is 0.338 e. The number of aryl methyl sites for hydroxylation is 1. The molecular weight excluding hydrogens is 471 g/mol. The van der Waals surface area contributed by atoms with Crippen LogP contribution in [0.4, 0.5) is 15.8 Å². The van der Waals surface area contributed by atoms with E-state index < -0.39 is 33.3 Å². The number of hydrogen-bond acceptors (Lipinski definition) is 4. The van der Waals surface area contributed by atoms with Gasteiger partial charge in [-0.3, -0.25) is 9.10 Å². The van der Waals surface area contributed by atoms with Crippen LogP contribution in [0.25, 0.3) is 0 Å². The largest absolute Gasteiger partial charge is 0.478 e. The fourth-order valence-electron chi connectivity index (χ4n) is 3.66. The third-order valence-electron chi connectivity index (χ3n) is 5.26. The molecule has 33 heavy (non-hydrogen) atoms. The summed E-state index contributed by atoms with van der Waals surface area (Å²) >= 11 is 5.98. The lowest BCUT2D eigenvalue weighted by molar-refractivity contribution is 0.0691. The van der Waals surface area contributed by atoms with Crippen molar-refractivity contribution in [3.05, 3.63) is 88.2 Å². The minimum absolute atomic E-state index is 0.0479. The maximum absolute atomic E-state index is 13.9. The highest BCUT2D eigenvalue weighted by molar-refractivity contribution is 7.92. The highest BCUT2D eigenvalue weighted by Gasteiger charge is 2.30. The van der Waals surface area contributed by atoms with Gasteiger partial charge in [0, 0.05) is 22.8 Å². The number of amides is 1. The van der Waals surface area contributed by atoms with Gasteiger partial charge in [0.15, 0.2) is 0 Å². The molecule has 7 nitrogen and oxygen atoms in total. The molecule has 3 aromatic carbocycles. The molecular formula is C23H18ClFN2O5S. The highest BCUT2D eigenvalue weighted by Crippen LogP contribution is 2.33. The van der Waals surface area contributed by atoms with Gasteiger partial charge in [-0.25, -0.2) is 17.6 Å². The zero-order valence-corrected chi connectivity index (χ0v) is 18.7. The zero-order valence-electron chi connectivity index (χ0n) is 17.1. The van der Waals surface area contributed by atoms with Crippen molar-refractivity contribution in [3.63, 3.8) is 0 Å². The summed E-state index contributed by atoms with van der Waals surface area (Å²) in [5.41, 5.74) is 0.901. The van der Waals surface area contributed by atoms with Crippen LogP contribution >= 0.6 is 11.6 Å². The molecule has 0 radical (unpaired) electrons. The molecule has 0 bridgehead atoms. The SMILES string of the molecule is O=C(Nc1ccc(C(=O)O)c(F)c1)c1ccc2c(c1)N(S(=O)(=O)c1cccc(Cl)c1)CCC2. The summed E-state index contributed by atoms with van der Waals surface area (Å²) in [6, 6.07) is 13.9. The molecule has 0 saturated heterocycles. The average molecular weight is 489 g/mol. The first kappa shape index (κ1) is 22.8. The molecule has 1 heterocycles. The molecule has 0 aliphatic carbocycles. The quantitative estimate of drug-likeness (QED) is 0.547. The van der Waals surface area contributed by atoms with Crippen LogP contribution in [0.5, 0.6) is 0 Å². The van der Waals surface area contributed by atoms with Gasteiger partial charge in [-0.15, -0.1) is 0 Å². The van der Waals surface area contributed by atoms with E-state index >= 15 is 0 Å². The number of anilines is 2. The molecule has 1 aliphatic rings. The monoisotopic (exact) mass is 488 g/mol. The number of rotatable bonds is 5. The molecule has 2 N–H and O–H groups in total. The predicted octanol–water partition coefficient (Wildman–Crippen LogP) is 4.57. The second-order valence-corrected chi connectivity index (χ2v) is 9.73. The summed E-state index contributed by atoms with van der Waals surface area (Å²) in [7, 11) is -3.91. The normalized spacial score (nSPS) is 13.3. The van der Waals surface area contributed by atoms with E-state index in [1.165, 1.54) is 28.6 Å². The van der Waals surface area contributed by atoms with Crippen LogP contribution in [0.3, 0.4) is 0 Å². The Morgan fingerprint density at radius 1 is 1.06 bits per heavy atom. The number of carboxylic acid groups (broad SMARTS) is 1. The molecule has 10 heteroatoms. The van der Waals surface area contributed by atoms with E-state index in [1.54, 1.807) is 24.3 Å². The Bertz CT molecular complexity index is 1380. The highest BCUT2D eigenvalue weighted by atomic mass is 35.5. The van der Waals surface area contributed by atoms with E-state index in [9.17, 15) is 22.4 Å². The Kier molecular flexibility index (Phi) is 6.09. The van der Waals surface area contributed by atoms with Crippen molar-refractivity contribution in [1.82, 2.24) is 0 Å². The lowest BCUT2D eigenvalue weighted by Crippen LogP contribution is -2.35. The molecule has 4 rings (SSSR count). The van der Waals surface area contributed by atoms with Gasteiger partial charge in [0.25, 0.3) is 15.9 Å². The van der Waals surface area contributed by atoms with Crippen molar-refractivity contribution in [2.75, 3.05) is 16.2 Å². The zero-order chi connectivity index (χ0) is 23.8. The second kappa shape index (κ2) is 8.84. The lowest BCUT2D eigenvalue weighted by atomic mass is 10.0. The number of halogens is 2. The fourth-order valence-corrected chi connectivity index (χ4v) is 5.49. The number of fused-ring (bicyclic) bond motifs is 1. The first-order valence-electron chi connectivity index (χ1n) is 9.92. The van der Waals surface area contributed by atoms with E-state index in [-0.39, 0.29) is 22.7 Å². The summed E-state index contributed by atoms with van der Waals surface area (Å²) in [4.78, 5) is 23.8. The van der Waals surface area contributed by atoms with Crippen molar-refractivity contribution in [2.45, 2.75) is 17.7 Å². The third kappa shape index (κ3) is 4.55. The second-order valence-electron chi connectivity index (χ2n) is 7.44. The Morgan fingerprint density at radius 2 is 1.85 bits per heavy atom. The van der Waals surface area contributed by atoms with Crippen molar-refractivity contribution >= 4 is 44.9 Å². The molecule has 0 unspecified atom stereocenters. The van der Waals surface area contributed by atoms with E-state index in [0.29, 0.717) is 23.6 Å². The summed E-state index contributed by atoms with van der Waals surface area (Å²) in [5, 5.41) is 11.7. The minimum Gasteiger partial charge on any atom is -0.478 e. The number of benzene rings is 3. The van der Waals surface area contributed by atoms with Crippen LogP contribution in [0.15, 0.2) is 65.6 Å². The predicted molar refractivity (Wildman–Crippen MR) is 122 cm³/mol. The van der Waals surface area contributed by atoms with Gasteiger partial charge in [-0.2, -0.15) is 0 Å². The Hall–Kier alpha value is -3.43. The van der Waals surface area contributed by atoms with E-state index in [0.717, 1.165) is 17.7 Å². The molecule has 1 aliphatic heterocycles. The fraction of sp³-hybridized carbons (Fsp3) is 0.130. The van der Waals surface area contributed by atoms with Crippen molar-refractivity contribution in [2.24, 2.45) is 0 Å². The molecule has 0 fully saturated rings. The first-order chi connectivity index (χ1) is 15.7. The van der Waals surface area contributed by atoms with Gasteiger partial charge in [-0.05, 0) is 66.9 Å². The topological polar surface area (TPSA) is 104 Å². The Balaban J connectivity index is 1.65. The van der Waals surface area contributed by atoms with Gasteiger partial charge in [-0.1, -0.05) is 23.7 Å². The van der Waals surface area contributed by atoms with Crippen LogP contribution < -0.4 is 9.62 Å². The molecule has 170 valence electrons. The smallest absolute Gasteiger partial charge is 0.338 e. The number of nitrogens with zero attached hydrogens (tertiary/aromatic N) is 1. The number of carboxylic acids is 1. The van der Waals surface area contributed by atoms with E-state index in [4.69, 9.17) is 16.7 Å². The standard InChI is InChI=1S/C23H18ClFN2O5S/c24-16-4-1-5-18(12-16)33(31,32)27-10-2-3-14-6-7-15(11-21(14)27)22(28)26-17-8-9-19(23(29)30)20(25)13-17/h1,4-9,11-13H,2-3,10H2,(H,26,28)(H,29,30). The Labute approximate surface area is 194 Å². The van der Waals surface area contributed by atoms with Crippen molar-refractivity contribution < 1.29 is 27.5 Å². The van der Waals surface area contributed by atoms with Crippen LogP contribution in [0.1, 0.15) is 32.7 Å². The number of carbonyl (C=O) groups is 2. The van der Waals surface area contributed by atoms with Gasteiger partial charge < -0.3 is 10.4 Å².